The maximum absolute atomic E-state index is 11.3. The van der Waals surface area contributed by atoms with Crippen molar-refractivity contribution in [2.24, 2.45) is 0 Å². The fraction of sp³-hybridized carbons (Fsp3) is 0.357. The molecular weight excluding hydrogens is 198 g/mol. The van der Waals surface area contributed by atoms with Gasteiger partial charge in [0.1, 0.15) is 0 Å². The topological polar surface area (TPSA) is 29.1 Å². The van der Waals surface area contributed by atoms with E-state index < -0.39 is 0 Å². The Morgan fingerprint density at radius 2 is 2.00 bits per heavy atom. The lowest BCUT2D eigenvalue weighted by Crippen LogP contribution is -2.23. The Kier molecular flexibility index (Phi) is 7.86. The van der Waals surface area contributed by atoms with Gasteiger partial charge in [0.25, 0.3) is 5.91 Å². The molecule has 0 aromatic rings. The predicted octanol–water partition coefficient (Wildman–Crippen LogP) is 3.15. The van der Waals surface area contributed by atoms with E-state index in [0.717, 1.165) is 18.4 Å². The molecule has 0 aliphatic rings. The van der Waals surface area contributed by atoms with Crippen molar-refractivity contribution in [3.8, 4) is 0 Å². The molecule has 0 aliphatic carbocycles. The van der Waals surface area contributed by atoms with Crippen LogP contribution < -0.4 is 5.32 Å². The van der Waals surface area contributed by atoms with Crippen LogP contribution in [0, 0.1) is 0 Å². The summed E-state index contributed by atoms with van der Waals surface area (Å²) in [6.07, 6.45) is 9.56. The zero-order valence-electron chi connectivity index (χ0n) is 10.3. The molecule has 0 saturated carbocycles. The molecule has 2 heteroatoms. The molecule has 0 atom stereocenters. The van der Waals surface area contributed by atoms with Crippen LogP contribution in [0.2, 0.25) is 0 Å². The third-order valence-corrected chi connectivity index (χ3v) is 2.02. The molecule has 0 radical (unpaired) electrons. The van der Waals surface area contributed by atoms with Crippen LogP contribution in [-0.2, 0) is 4.79 Å². The lowest BCUT2D eigenvalue weighted by molar-refractivity contribution is -0.117. The molecule has 0 saturated heterocycles. The summed E-state index contributed by atoms with van der Waals surface area (Å²) in [5.41, 5.74) is 1.47. The summed E-state index contributed by atoms with van der Waals surface area (Å²) >= 11 is 0. The highest BCUT2D eigenvalue weighted by atomic mass is 16.1. The molecule has 0 bridgehead atoms. The molecule has 1 amide bonds. The van der Waals surface area contributed by atoms with Gasteiger partial charge in [0.05, 0.1) is 0 Å². The first kappa shape index (κ1) is 14.4. The fourth-order valence-electron chi connectivity index (χ4n) is 1.09. The van der Waals surface area contributed by atoms with Crippen molar-refractivity contribution in [2.45, 2.75) is 26.7 Å². The number of allylic oxidation sites excluding steroid dienone is 4. The van der Waals surface area contributed by atoms with Crippen LogP contribution >= 0.6 is 0 Å². The largest absolute Gasteiger partial charge is 0.352 e. The van der Waals surface area contributed by atoms with Gasteiger partial charge in [-0.1, -0.05) is 37.0 Å². The summed E-state index contributed by atoms with van der Waals surface area (Å²) in [4.78, 5) is 11.3. The molecule has 0 spiro atoms. The number of likely N-dealkylation sites (N-methyl/N-ethyl adjacent to an activating group) is 1. The average Bonchev–Trinajstić information content (AvgIpc) is 2.26. The Morgan fingerprint density at radius 1 is 1.31 bits per heavy atom. The van der Waals surface area contributed by atoms with Crippen LogP contribution in [0.4, 0.5) is 0 Å². The van der Waals surface area contributed by atoms with E-state index in [2.05, 4.69) is 24.6 Å². The average molecular weight is 219 g/mol. The summed E-state index contributed by atoms with van der Waals surface area (Å²) in [7, 11) is 0. The zero-order chi connectivity index (χ0) is 12.4. The fourth-order valence-corrected chi connectivity index (χ4v) is 1.09. The van der Waals surface area contributed by atoms with Crippen LogP contribution in [0.1, 0.15) is 26.7 Å². The van der Waals surface area contributed by atoms with Crippen molar-refractivity contribution in [1.29, 1.82) is 0 Å². The summed E-state index contributed by atoms with van der Waals surface area (Å²) in [5, 5.41) is 2.69. The first-order chi connectivity index (χ1) is 7.61. The molecule has 0 aromatic carbocycles. The Labute approximate surface area is 98.4 Å². The van der Waals surface area contributed by atoms with Gasteiger partial charge in [-0.15, -0.1) is 0 Å². The van der Waals surface area contributed by atoms with E-state index in [0.29, 0.717) is 12.1 Å². The maximum atomic E-state index is 11.3. The van der Waals surface area contributed by atoms with Crippen LogP contribution in [0.15, 0.2) is 48.6 Å². The van der Waals surface area contributed by atoms with Crippen molar-refractivity contribution >= 4 is 5.91 Å². The SMILES string of the molecule is C=C(C=CC(=C)C(=O)NCC)CCC=CC. The van der Waals surface area contributed by atoms with Gasteiger partial charge in [-0.2, -0.15) is 0 Å². The Bertz CT molecular complexity index is 311. The van der Waals surface area contributed by atoms with E-state index in [1.807, 2.05) is 26.0 Å². The van der Waals surface area contributed by atoms with Crippen molar-refractivity contribution in [3.63, 3.8) is 0 Å². The molecular formula is C14H21NO. The first-order valence-corrected chi connectivity index (χ1v) is 5.56. The minimum Gasteiger partial charge on any atom is -0.352 e. The number of nitrogens with one attached hydrogen (secondary N) is 1. The van der Waals surface area contributed by atoms with Crippen LogP contribution in [0.25, 0.3) is 0 Å². The highest BCUT2D eigenvalue weighted by molar-refractivity contribution is 5.95. The predicted molar refractivity (Wildman–Crippen MR) is 70.2 cm³/mol. The zero-order valence-corrected chi connectivity index (χ0v) is 10.3. The van der Waals surface area contributed by atoms with E-state index in [4.69, 9.17) is 0 Å². The smallest absolute Gasteiger partial charge is 0.250 e. The molecule has 2 nitrogen and oxygen atoms in total. The summed E-state index contributed by atoms with van der Waals surface area (Å²) in [6, 6.07) is 0. The quantitative estimate of drug-likeness (QED) is 0.398. The molecule has 0 fully saturated rings. The van der Waals surface area contributed by atoms with Gasteiger partial charge < -0.3 is 5.32 Å². The number of amides is 1. The molecule has 0 rings (SSSR count). The standard InChI is InChI=1S/C14H21NO/c1-5-7-8-9-12(3)10-11-13(4)14(16)15-6-2/h5,7,10-11H,3-4,6,8-9H2,1-2H3,(H,15,16). The second-order valence-electron chi connectivity index (χ2n) is 3.48. The van der Waals surface area contributed by atoms with E-state index in [1.165, 1.54) is 0 Å². The van der Waals surface area contributed by atoms with Crippen LogP contribution in [0.3, 0.4) is 0 Å². The number of carbonyl (C=O) groups excluding carboxylic acids is 1. The Hall–Kier alpha value is -1.57. The molecule has 0 aliphatic heterocycles. The molecule has 0 heterocycles. The second-order valence-corrected chi connectivity index (χ2v) is 3.48. The highest BCUT2D eigenvalue weighted by Crippen LogP contribution is 2.06. The monoisotopic (exact) mass is 219 g/mol. The molecule has 16 heavy (non-hydrogen) atoms. The van der Waals surface area contributed by atoms with E-state index in [9.17, 15) is 4.79 Å². The van der Waals surface area contributed by atoms with Gasteiger partial charge in [-0.05, 0) is 32.8 Å². The van der Waals surface area contributed by atoms with Crippen molar-refractivity contribution < 1.29 is 4.79 Å². The molecule has 0 unspecified atom stereocenters. The first-order valence-electron chi connectivity index (χ1n) is 5.56. The van der Waals surface area contributed by atoms with E-state index in [1.54, 1.807) is 6.08 Å². The van der Waals surface area contributed by atoms with Crippen LogP contribution in [0.5, 0.6) is 0 Å². The van der Waals surface area contributed by atoms with E-state index >= 15 is 0 Å². The summed E-state index contributed by atoms with van der Waals surface area (Å²) < 4.78 is 0. The number of carbonyl (C=O) groups is 1. The van der Waals surface area contributed by atoms with Gasteiger partial charge in [-0.3, -0.25) is 4.79 Å². The van der Waals surface area contributed by atoms with E-state index in [-0.39, 0.29) is 5.91 Å². The van der Waals surface area contributed by atoms with Gasteiger partial charge in [0.15, 0.2) is 0 Å². The van der Waals surface area contributed by atoms with Crippen molar-refractivity contribution in [3.05, 3.63) is 48.6 Å². The van der Waals surface area contributed by atoms with Gasteiger partial charge in [0.2, 0.25) is 0 Å². The minimum atomic E-state index is -0.125. The number of rotatable bonds is 7. The summed E-state index contributed by atoms with van der Waals surface area (Å²) in [6.45, 7) is 12.1. The second kappa shape index (κ2) is 8.72. The lowest BCUT2D eigenvalue weighted by atomic mass is 10.1. The van der Waals surface area contributed by atoms with Crippen molar-refractivity contribution in [1.82, 2.24) is 5.32 Å². The summed E-state index contributed by atoms with van der Waals surface area (Å²) in [5.74, 6) is -0.125. The minimum absolute atomic E-state index is 0.125. The Morgan fingerprint density at radius 3 is 2.56 bits per heavy atom. The highest BCUT2D eigenvalue weighted by Gasteiger charge is 2.00. The third-order valence-electron chi connectivity index (χ3n) is 2.02. The third kappa shape index (κ3) is 6.82. The maximum Gasteiger partial charge on any atom is 0.250 e. The van der Waals surface area contributed by atoms with Gasteiger partial charge in [0, 0.05) is 12.1 Å². The normalized spacial score (nSPS) is 10.9. The number of hydrogen-bond acceptors (Lipinski definition) is 1. The number of hydrogen-bond donors (Lipinski definition) is 1. The molecule has 0 aromatic heterocycles. The van der Waals surface area contributed by atoms with Crippen LogP contribution in [-0.4, -0.2) is 12.5 Å². The Balaban J connectivity index is 4.02. The molecule has 1 N–H and O–H groups in total. The molecule has 88 valence electrons. The lowest BCUT2D eigenvalue weighted by Gasteiger charge is -2.01. The van der Waals surface area contributed by atoms with Gasteiger partial charge >= 0.3 is 0 Å². The van der Waals surface area contributed by atoms with Crippen molar-refractivity contribution in [2.75, 3.05) is 6.54 Å². The van der Waals surface area contributed by atoms with Gasteiger partial charge in [-0.25, -0.2) is 0 Å².